The van der Waals surface area contributed by atoms with Crippen molar-refractivity contribution in [2.45, 2.75) is 12.8 Å². The number of benzene rings is 1. The minimum absolute atomic E-state index is 0.162. The quantitative estimate of drug-likeness (QED) is 0.873. The van der Waals surface area contributed by atoms with Gasteiger partial charge in [0.2, 0.25) is 12.7 Å². The number of carbonyl (C=O) groups excluding carboxylic acids is 1. The predicted octanol–water partition coefficient (Wildman–Crippen LogP) is 0.765. The van der Waals surface area contributed by atoms with Crippen LogP contribution in [0.1, 0.15) is 12.0 Å². The summed E-state index contributed by atoms with van der Waals surface area (Å²) in [6, 6.07) is 5.66. The van der Waals surface area contributed by atoms with Crippen LogP contribution in [0.2, 0.25) is 0 Å². The molecule has 102 valence electrons. The van der Waals surface area contributed by atoms with Gasteiger partial charge in [-0.15, -0.1) is 0 Å². The molecule has 0 bridgehead atoms. The number of nitrogens with two attached hydrogens (primary N) is 1. The van der Waals surface area contributed by atoms with E-state index in [9.17, 15) is 4.79 Å². The first kappa shape index (κ1) is 12.3. The van der Waals surface area contributed by atoms with Crippen LogP contribution in [0.15, 0.2) is 18.2 Å². The molecule has 1 aromatic rings. The summed E-state index contributed by atoms with van der Waals surface area (Å²) in [5.41, 5.74) is 6.61. The third kappa shape index (κ3) is 2.51. The van der Waals surface area contributed by atoms with E-state index in [-0.39, 0.29) is 12.7 Å². The summed E-state index contributed by atoms with van der Waals surface area (Å²) in [6.45, 7) is 2.54. The third-order valence-corrected chi connectivity index (χ3v) is 3.76. The Labute approximate surface area is 112 Å². The molecule has 2 heterocycles. The first-order valence-electron chi connectivity index (χ1n) is 6.62. The summed E-state index contributed by atoms with van der Waals surface area (Å²) in [6.07, 6.45) is 1.43. The molecule has 0 unspecified atom stereocenters. The van der Waals surface area contributed by atoms with Gasteiger partial charge in [0.05, 0.1) is 6.42 Å². The van der Waals surface area contributed by atoms with Crippen molar-refractivity contribution in [1.82, 2.24) is 4.90 Å². The molecule has 1 amide bonds. The van der Waals surface area contributed by atoms with E-state index in [1.165, 1.54) is 0 Å². The van der Waals surface area contributed by atoms with E-state index < -0.39 is 0 Å². The summed E-state index contributed by atoms with van der Waals surface area (Å²) in [4.78, 5) is 14.1. The SMILES string of the molecule is NC[C@H]1CCN(C(=O)Cc2ccc3c(c2)OCO3)C1. The van der Waals surface area contributed by atoms with Gasteiger partial charge in [0, 0.05) is 13.1 Å². The highest BCUT2D eigenvalue weighted by Gasteiger charge is 2.25. The Kier molecular flexibility index (Phi) is 3.29. The Morgan fingerprint density at radius 3 is 3.00 bits per heavy atom. The Morgan fingerprint density at radius 2 is 2.21 bits per heavy atom. The minimum Gasteiger partial charge on any atom is -0.454 e. The molecule has 2 aliphatic heterocycles. The smallest absolute Gasteiger partial charge is 0.231 e. The van der Waals surface area contributed by atoms with Gasteiger partial charge in [0.25, 0.3) is 0 Å². The molecule has 0 aliphatic carbocycles. The van der Waals surface area contributed by atoms with Gasteiger partial charge < -0.3 is 20.1 Å². The zero-order valence-corrected chi connectivity index (χ0v) is 10.8. The van der Waals surface area contributed by atoms with Crippen LogP contribution in [0.3, 0.4) is 0 Å². The van der Waals surface area contributed by atoms with E-state index in [2.05, 4.69) is 0 Å². The van der Waals surface area contributed by atoms with Crippen molar-refractivity contribution in [3.63, 3.8) is 0 Å². The predicted molar refractivity (Wildman–Crippen MR) is 70.0 cm³/mol. The molecule has 2 aliphatic rings. The maximum Gasteiger partial charge on any atom is 0.231 e. The number of carbonyl (C=O) groups is 1. The highest BCUT2D eigenvalue weighted by molar-refractivity contribution is 5.79. The van der Waals surface area contributed by atoms with E-state index in [0.717, 1.165) is 36.6 Å². The number of hydrogen-bond donors (Lipinski definition) is 1. The van der Waals surface area contributed by atoms with Crippen molar-refractivity contribution in [3.8, 4) is 11.5 Å². The van der Waals surface area contributed by atoms with Crippen molar-refractivity contribution in [2.24, 2.45) is 11.7 Å². The maximum absolute atomic E-state index is 12.2. The van der Waals surface area contributed by atoms with Crippen LogP contribution < -0.4 is 15.2 Å². The van der Waals surface area contributed by atoms with Gasteiger partial charge in [0.1, 0.15) is 0 Å². The minimum atomic E-state index is 0.162. The molecular weight excluding hydrogens is 244 g/mol. The van der Waals surface area contributed by atoms with Crippen LogP contribution in [0.5, 0.6) is 11.5 Å². The van der Waals surface area contributed by atoms with Crippen LogP contribution in [0.25, 0.3) is 0 Å². The fraction of sp³-hybridized carbons (Fsp3) is 0.500. The number of hydrogen-bond acceptors (Lipinski definition) is 4. The molecule has 19 heavy (non-hydrogen) atoms. The third-order valence-electron chi connectivity index (χ3n) is 3.76. The van der Waals surface area contributed by atoms with Gasteiger partial charge in [-0.05, 0) is 36.6 Å². The van der Waals surface area contributed by atoms with E-state index in [4.69, 9.17) is 15.2 Å². The van der Waals surface area contributed by atoms with Crippen molar-refractivity contribution in [2.75, 3.05) is 26.4 Å². The first-order chi connectivity index (χ1) is 9.26. The first-order valence-corrected chi connectivity index (χ1v) is 6.62. The summed E-state index contributed by atoms with van der Waals surface area (Å²) in [7, 11) is 0. The summed E-state index contributed by atoms with van der Waals surface area (Å²) >= 11 is 0. The summed E-state index contributed by atoms with van der Waals surface area (Å²) < 4.78 is 10.6. The number of rotatable bonds is 3. The summed E-state index contributed by atoms with van der Waals surface area (Å²) in [5.74, 6) is 2.10. The van der Waals surface area contributed by atoms with Gasteiger partial charge in [-0.3, -0.25) is 4.79 Å². The molecule has 5 nitrogen and oxygen atoms in total. The second kappa shape index (κ2) is 5.09. The molecule has 0 aromatic heterocycles. The van der Waals surface area contributed by atoms with Gasteiger partial charge in [-0.2, -0.15) is 0 Å². The normalized spacial score (nSPS) is 20.9. The fourth-order valence-electron chi connectivity index (χ4n) is 2.59. The maximum atomic E-state index is 12.2. The molecular formula is C14H18N2O3. The second-order valence-electron chi connectivity index (χ2n) is 5.09. The number of amides is 1. The Balaban J connectivity index is 1.63. The van der Waals surface area contributed by atoms with Crippen LogP contribution >= 0.6 is 0 Å². The molecule has 3 rings (SSSR count). The molecule has 1 aromatic carbocycles. The Morgan fingerprint density at radius 1 is 1.37 bits per heavy atom. The molecule has 1 saturated heterocycles. The van der Waals surface area contributed by atoms with Crippen molar-refractivity contribution in [3.05, 3.63) is 23.8 Å². The van der Waals surface area contributed by atoms with Crippen molar-refractivity contribution >= 4 is 5.91 Å². The fourth-order valence-corrected chi connectivity index (χ4v) is 2.59. The van der Waals surface area contributed by atoms with Crippen LogP contribution in [0.4, 0.5) is 0 Å². The van der Waals surface area contributed by atoms with Crippen molar-refractivity contribution in [1.29, 1.82) is 0 Å². The van der Waals surface area contributed by atoms with E-state index in [1.807, 2.05) is 23.1 Å². The Bertz CT molecular complexity index is 490. The van der Waals surface area contributed by atoms with Gasteiger partial charge in [-0.25, -0.2) is 0 Å². The molecule has 0 radical (unpaired) electrons. The van der Waals surface area contributed by atoms with Crippen LogP contribution in [-0.2, 0) is 11.2 Å². The van der Waals surface area contributed by atoms with E-state index >= 15 is 0 Å². The molecule has 0 saturated carbocycles. The average molecular weight is 262 g/mol. The number of nitrogens with zero attached hydrogens (tertiary/aromatic N) is 1. The lowest BCUT2D eigenvalue weighted by molar-refractivity contribution is -0.129. The topological polar surface area (TPSA) is 64.8 Å². The molecule has 1 atom stereocenters. The van der Waals surface area contributed by atoms with Crippen LogP contribution in [-0.4, -0.2) is 37.2 Å². The molecule has 5 heteroatoms. The lowest BCUT2D eigenvalue weighted by Gasteiger charge is -2.16. The lowest BCUT2D eigenvalue weighted by atomic mass is 10.1. The van der Waals surface area contributed by atoms with E-state index in [1.54, 1.807) is 0 Å². The van der Waals surface area contributed by atoms with Gasteiger partial charge in [0.15, 0.2) is 11.5 Å². The molecule has 2 N–H and O–H groups in total. The molecule has 0 spiro atoms. The average Bonchev–Trinajstić information content (AvgIpc) is 3.06. The van der Waals surface area contributed by atoms with Gasteiger partial charge >= 0.3 is 0 Å². The number of likely N-dealkylation sites (tertiary alicyclic amines) is 1. The monoisotopic (exact) mass is 262 g/mol. The number of ether oxygens (including phenoxy) is 2. The molecule has 1 fully saturated rings. The zero-order chi connectivity index (χ0) is 13.2. The van der Waals surface area contributed by atoms with Crippen LogP contribution in [0, 0.1) is 5.92 Å². The second-order valence-corrected chi connectivity index (χ2v) is 5.09. The largest absolute Gasteiger partial charge is 0.454 e. The van der Waals surface area contributed by atoms with E-state index in [0.29, 0.717) is 18.9 Å². The standard InChI is InChI=1S/C14H18N2O3/c15-7-11-3-4-16(8-11)14(17)6-10-1-2-12-13(5-10)19-9-18-12/h1-2,5,11H,3-4,6-9,15H2/t11-/m1/s1. The zero-order valence-electron chi connectivity index (χ0n) is 10.8. The lowest BCUT2D eigenvalue weighted by Crippen LogP contribution is -2.31. The highest BCUT2D eigenvalue weighted by atomic mass is 16.7. The van der Waals surface area contributed by atoms with Gasteiger partial charge in [-0.1, -0.05) is 6.07 Å². The highest BCUT2D eigenvalue weighted by Crippen LogP contribution is 2.32. The summed E-state index contributed by atoms with van der Waals surface area (Å²) in [5, 5.41) is 0. The Hall–Kier alpha value is -1.75. The number of fused-ring (bicyclic) bond motifs is 1. The van der Waals surface area contributed by atoms with Crippen molar-refractivity contribution < 1.29 is 14.3 Å².